The van der Waals surface area contributed by atoms with Gasteiger partial charge in [-0.2, -0.15) is 5.10 Å². The molecule has 32 heavy (non-hydrogen) atoms. The topological polar surface area (TPSA) is 96.6 Å². The molecule has 0 fully saturated rings. The smallest absolute Gasteiger partial charge is 0.253 e. The highest BCUT2D eigenvalue weighted by molar-refractivity contribution is 7.99. The minimum atomic E-state index is -0.288. The molecule has 10 heteroatoms. The van der Waals surface area contributed by atoms with Crippen LogP contribution in [0.1, 0.15) is 23.8 Å². The fraction of sp³-hybridized carbons (Fsp3) is 0.182. The van der Waals surface area contributed by atoms with E-state index in [9.17, 15) is 4.79 Å². The average molecular weight is 466 g/mol. The molecular weight excluding hydrogens is 446 g/mol. The molecule has 5 rings (SSSR count). The van der Waals surface area contributed by atoms with E-state index in [2.05, 4.69) is 20.3 Å². The van der Waals surface area contributed by atoms with Crippen molar-refractivity contribution in [2.45, 2.75) is 17.6 Å². The summed E-state index contributed by atoms with van der Waals surface area (Å²) in [6, 6.07) is 15.0. The van der Waals surface area contributed by atoms with Gasteiger partial charge in [0.25, 0.3) is 5.91 Å². The molecule has 0 saturated carbocycles. The second-order valence-corrected chi connectivity index (χ2v) is 8.87. The molecule has 1 aromatic carbocycles. The molecule has 3 aromatic heterocycles. The first-order valence-electron chi connectivity index (χ1n) is 9.87. The Bertz CT molecular complexity index is 1220. The van der Waals surface area contributed by atoms with Crippen LogP contribution < -0.4 is 4.74 Å². The Labute approximate surface area is 192 Å². The first-order chi connectivity index (χ1) is 15.7. The van der Waals surface area contributed by atoms with Gasteiger partial charge >= 0.3 is 0 Å². The highest BCUT2D eigenvalue weighted by Crippen LogP contribution is 2.34. The molecule has 0 radical (unpaired) electrons. The fourth-order valence-corrected chi connectivity index (χ4v) is 4.74. The predicted molar refractivity (Wildman–Crippen MR) is 123 cm³/mol. The lowest BCUT2D eigenvalue weighted by atomic mass is 10.0. The van der Waals surface area contributed by atoms with Gasteiger partial charge in [-0.15, -0.1) is 16.4 Å². The number of thioether (sulfide) groups is 1. The number of methoxy groups -OCH3 is 1. The number of hydrogen-bond donors (Lipinski definition) is 1. The van der Waals surface area contributed by atoms with Crippen LogP contribution >= 0.6 is 23.1 Å². The summed E-state index contributed by atoms with van der Waals surface area (Å²) < 4.78 is 10.8. The molecule has 1 unspecified atom stereocenters. The average Bonchev–Trinajstić information content (AvgIpc) is 3.63. The van der Waals surface area contributed by atoms with E-state index in [-0.39, 0.29) is 17.7 Å². The van der Waals surface area contributed by atoms with E-state index in [0.29, 0.717) is 23.2 Å². The molecule has 4 aromatic rings. The number of rotatable bonds is 7. The van der Waals surface area contributed by atoms with Crippen molar-refractivity contribution in [1.29, 1.82) is 0 Å². The van der Waals surface area contributed by atoms with Crippen molar-refractivity contribution < 1.29 is 13.9 Å². The molecular formula is C22H19N5O3S2. The lowest BCUT2D eigenvalue weighted by Gasteiger charge is -2.19. The molecule has 0 saturated heterocycles. The molecule has 162 valence electrons. The Morgan fingerprint density at radius 2 is 2.16 bits per heavy atom. The number of amides is 1. The van der Waals surface area contributed by atoms with Crippen molar-refractivity contribution in [3.8, 4) is 16.5 Å². The quantitative estimate of drug-likeness (QED) is 0.401. The number of furan rings is 1. The van der Waals surface area contributed by atoms with Gasteiger partial charge in [-0.3, -0.25) is 9.89 Å². The molecule has 4 heterocycles. The summed E-state index contributed by atoms with van der Waals surface area (Å²) in [5, 5.41) is 15.8. The van der Waals surface area contributed by atoms with E-state index in [4.69, 9.17) is 9.15 Å². The van der Waals surface area contributed by atoms with E-state index >= 15 is 0 Å². The second-order valence-electron chi connectivity index (χ2n) is 6.98. The summed E-state index contributed by atoms with van der Waals surface area (Å²) in [7, 11) is 1.63. The van der Waals surface area contributed by atoms with Crippen LogP contribution in [0, 0.1) is 0 Å². The van der Waals surface area contributed by atoms with E-state index in [1.54, 1.807) is 24.7 Å². The van der Waals surface area contributed by atoms with Gasteiger partial charge in [0.1, 0.15) is 17.6 Å². The number of benzene rings is 1. The van der Waals surface area contributed by atoms with Gasteiger partial charge in [0.15, 0.2) is 5.82 Å². The van der Waals surface area contributed by atoms with Gasteiger partial charge in [0, 0.05) is 6.42 Å². The van der Waals surface area contributed by atoms with Crippen molar-refractivity contribution in [3.63, 3.8) is 0 Å². The number of nitrogens with zero attached hydrogens (tertiary/aromatic N) is 4. The lowest BCUT2D eigenvalue weighted by molar-refractivity contribution is -0.130. The fourth-order valence-electron chi connectivity index (χ4n) is 3.43. The van der Waals surface area contributed by atoms with Crippen LogP contribution in [0.2, 0.25) is 0 Å². The third-order valence-corrected chi connectivity index (χ3v) is 6.71. The monoisotopic (exact) mass is 465 g/mol. The maximum absolute atomic E-state index is 13.1. The van der Waals surface area contributed by atoms with Crippen molar-refractivity contribution >= 4 is 34.7 Å². The van der Waals surface area contributed by atoms with E-state index < -0.39 is 0 Å². The molecule has 1 amide bonds. The highest BCUT2D eigenvalue weighted by atomic mass is 32.2. The number of nitrogens with one attached hydrogen (secondary N) is 1. The molecule has 1 N–H and O–H groups in total. The normalized spacial score (nSPS) is 15.7. The number of aromatic amines is 1. The first kappa shape index (κ1) is 20.5. The van der Waals surface area contributed by atoms with E-state index in [0.717, 1.165) is 21.9 Å². The molecule has 0 bridgehead atoms. The highest BCUT2D eigenvalue weighted by Gasteiger charge is 2.34. The zero-order chi connectivity index (χ0) is 21.9. The number of hydrazone groups is 1. The van der Waals surface area contributed by atoms with Gasteiger partial charge in [-0.05, 0) is 53.4 Å². The number of carbonyl (C=O) groups excluding carboxylic acids is 1. The zero-order valence-electron chi connectivity index (χ0n) is 17.1. The number of hydrogen-bond acceptors (Lipinski definition) is 8. The number of H-pyrrole nitrogens is 1. The molecule has 0 aliphatic carbocycles. The molecule has 8 nitrogen and oxygen atoms in total. The number of carbonyl (C=O) groups is 1. The summed E-state index contributed by atoms with van der Waals surface area (Å²) in [5.41, 5.74) is 1.77. The second kappa shape index (κ2) is 9.01. The van der Waals surface area contributed by atoms with Crippen molar-refractivity contribution in [1.82, 2.24) is 20.2 Å². The predicted octanol–water partition coefficient (Wildman–Crippen LogP) is 4.60. The van der Waals surface area contributed by atoms with Crippen molar-refractivity contribution in [2.75, 3.05) is 12.9 Å². The zero-order valence-corrected chi connectivity index (χ0v) is 18.7. The van der Waals surface area contributed by atoms with Crippen LogP contribution in [0.5, 0.6) is 5.75 Å². The molecule has 0 spiro atoms. The summed E-state index contributed by atoms with van der Waals surface area (Å²) >= 11 is 2.86. The number of thiophene rings is 1. The van der Waals surface area contributed by atoms with Crippen molar-refractivity contribution in [2.24, 2.45) is 5.10 Å². The van der Waals surface area contributed by atoms with Gasteiger partial charge in [0.2, 0.25) is 5.16 Å². The van der Waals surface area contributed by atoms with Gasteiger partial charge in [0.05, 0.1) is 29.7 Å². The third kappa shape index (κ3) is 4.19. The van der Waals surface area contributed by atoms with Crippen LogP contribution in [0.25, 0.3) is 10.7 Å². The van der Waals surface area contributed by atoms with Gasteiger partial charge < -0.3 is 9.15 Å². The Kier molecular flexibility index (Phi) is 5.78. The number of ether oxygens (including phenoxy) is 1. The maximum atomic E-state index is 13.1. The van der Waals surface area contributed by atoms with Gasteiger partial charge in [-0.25, -0.2) is 9.99 Å². The standard InChI is InChI=1S/C22H19N5O3S2/c1-29-15-8-6-14(7-9-15)16-12-17(18-4-2-10-30-18)27(26-16)20(28)13-32-22-23-21(24-25-22)19-5-3-11-31-19/h2-11,17H,12-13H2,1H3,(H,23,24,25). The summed E-state index contributed by atoms with van der Waals surface area (Å²) in [6.45, 7) is 0. The molecule has 1 aliphatic rings. The largest absolute Gasteiger partial charge is 0.497 e. The Hall–Kier alpha value is -3.37. The lowest BCUT2D eigenvalue weighted by Crippen LogP contribution is -2.28. The van der Waals surface area contributed by atoms with Gasteiger partial charge in [-0.1, -0.05) is 17.8 Å². The van der Waals surface area contributed by atoms with Crippen LogP contribution in [-0.4, -0.2) is 44.7 Å². The minimum absolute atomic E-state index is 0.137. The Morgan fingerprint density at radius 1 is 1.28 bits per heavy atom. The first-order valence-corrected chi connectivity index (χ1v) is 11.7. The maximum Gasteiger partial charge on any atom is 0.253 e. The van der Waals surface area contributed by atoms with Crippen LogP contribution in [0.4, 0.5) is 0 Å². The van der Waals surface area contributed by atoms with Crippen LogP contribution in [0.15, 0.2) is 74.8 Å². The summed E-state index contributed by atoms with van der Waals surface area (Å²) in [4.78, 5) is 18.6. The van der Waals surface area contributed by atoms with Crippen LogP contribution in [0.3, 0.4) is 0 Å². The third-order valence-electron chi connectivity index (χ3n) is 5.00. The van der Waals surface area contributed by atoms with E-state index in [1.165, 1.54) is 16.8 Å². The van der Waals surface area contributed by atoms with E-state index in [1.807, 2.05) is 53.9 Å². The molecule has 1 aliphatic heterocycles. The SMILES string of the molecule is COc1ccc(C2=NN(C(=O)CSc3n[nH]c(-c4cccs4)n3)C(c3ccco3)C2)cc1. The Balaban J connectivity index is 1.32. The molecule has 1 atom stereocenters. The Morgan fingerprint density at radius 3 is 2.88 bits per heavy atom. The van der Waals surface area contributed by atoms with Crippen molar-refractivity contribution in [3.05, 3.63) is 71.5 Å². The van der Waals surface area contributed by atoms with Crippen LogP contribution in [-0.2, 0) is 4.79 Å². The summed E-state index contributed by atoms with van der Waals surface area (Å²) in [5.74, 6) is 2.20. The minimum Gasteiger partial charge on any atom is -0.497 e. The number of aromatic nitrogens is 3. The summed E-state index contributed by atoms with van der Waals surface area (Å²) in [6.07, 6.45) is 2.18.